The molecule has 0 amide bonds. The quantitative estimate of drug-likeness (QED) is 0.866. The maximum atomic E-state index is 5.86. The number of hydrogen-bond donors (Lipinski definition) is 1. The number of anilines is 1. The van der Waals surface area contributed by atoms with E-state index in [-0.39, 0.29) is 0 Å². The van der Waals surface area contributed by atoms with Gasteiger partial charge in [-0.25, -0.2) is 4.98 Å². The normalized spacial score (nSPS) is 11.0. The Bertz CT molecular complexity index is 491. The second kappa shape index (κ2) is 4.47. The molecule has 2 rings (SSSR count). The molecule has 76 valence electrons. The first-order valence-electron chi connectivity index (χ1n) is 4.39. The van der Waals surface area contributed by atoms with Crippen molar-refractivity contribution in [3.05, 3.63) is 45.9 Å². The van der Waals surface area contributed by atoms with Gasteiger partial charge in [-0.3, -0.25) is 0 Å². The largest absolute Gasteiger partial charge is 0.375 e. The Balaban J connectivity index is 2.18. The molecule has 0 fully saturated rings. The lowest BCUT2D eigenvalue weighted by Crippen LogP contribution is -1.80. The molecule has 0 aliphatic heterocycles. The highest BCUT2D eigenvalue weighted by Crippen LogP contribution is 2.16. The maximum Gasteiger partial charge on any atom is 0.180 e. The Labute approximate surface area is 97.0 Å². The highest BCUT2D eigenvalue weighted by atomic mass is 35.5. The average Bonchev–Trinajstić information content (AvgIpc) is 2.62. The predicted molar refractivity (Wildman–Crippen MR) is 66.9 cm³/mol. The topological polar surface area (TPSA) is 38.9 Å². The number of nitrogens with two attached hydrogens (primary N) is 1. The molecule has 2 N–H and O–H groups in total. The fourth-order valence-electron chi connectivity index (χ4n) is 1.17. The molecule has 15 heavy (non-hydrogen) atoms. The molecular formula is C11H9ClN2S. The summed E-state index contributed by atoms with van der Waals surface area (Å²) in [6, 6.07) is 7.64. The van der Waals surface area contributed by atoms with Gasteiger partial charge < -0.3 is 5.73 Å². The molecule has 1 heterocycles. The maximum absolute atomic E-state index is 5.86. The van der Waals surface area contributed by atoms with Crippen LogP contribution in [0.3, 0.4) is 0 Å². The number of benzene rings is 1. The molecule has 0 aliphatic carbocycles. The smallest absolute Gasteiger partial charge is 0.180 e. The Morgan fingerprint density at radius 2 is 2.20 bits per heavy atom. The molecule has 0 bridgehead atoms. The summed E-state index contributed by atoms with van der Waals surface area (Å²) >= 11 is 7.30. The van der Waals surface area contributed by atoms with Gasteiger partial charge in [0.1, 0.15) is 0 Å². The third-order valence-electron chi connectivity index (χ3n) is 1.83. The van der Waals surface area contributed by atoms with Crippen LogP contribution in [0.15, 0.2) is 29.6 Å². The summed E-state index contributed by atoms with van der Waals surface area (Å²) in [5.74, 6) is 0. The van der Waals surface area contributed by atoms with E-state index in [1.165, 1.54) is 11.3 Å². The average molecular weight is 237 g/mol. The lowest BCUT2D eigenvalue weighted by Gasteiger charge is -1.92. The van der Waals surface area contributed by atoms with Gasteiger partial charge in [0.2, 0.25) is 0 Å². The lowest BCUT2D eigenvalue weighted by molar-refractivity contribution is 1.39. The van der Waals surface area contributed by atoms with E-state index in [9.17, 15) is 0 Å². The lowest BCUT2D eigenvalue weighted by atomic mass is 10.2. The molecule has 0 aliphatic rings. The Hall–Kier alpha value is -1.32. The fraction of sp³-hybridized carbons (Fsp3) is 0. The first kappa shape index (κ1) is 10.2. The van der Waals surface area contributed by atoms with Crippen LogP contribution in [0.4, 0.5) is 5.13 Å². The van der Waals surface area contributed by atoms with Crippen molar-refractivity contribution in [2.45, 2.75) is 0 Å². The van der Waals surface area contributed by atoms with Crippen LogP contribution in [0.2, 0.25) is 5.02 Å². The Kier molecular flexibility index (Phi) is 3.04. The summed E-state index contributed by atoms with van der Waals surface area (Å²) in [7, 11) is 0. The van der Waals surface area contributed by atoms with Crippen molar-refractivity contribution in [3.63, 3.8) is 0 Å². The molecular weight excluding hydrogens is 228 g/mol. The van der Waals surface area contributed by atoms with Crippen molar-refractivity contribution >= 4 is 40.2 Å². The van der Waals surface area contributed by atoms with Crippen molar-refractivity contribution in [1.82, 2.24) is 4.98 Å². The van der Waals surface area contributed by atoms with Gasteiger partial charge in [-0.05, 0) is 23.8 Å². The van der Waals surface area contributed by atoms with Crippen molar-refractivity contribution in [1.29, 1.82) is 0 Å². The van der Waals surface area contributed by atoms with E-state index in [1.807, 2.05) is 41.8 Å². The molecule has 0 atom stereocenters. The number of thiazole rings is 1. The van der Waals surface area contributed by atoms with Crippen molar-refractivity contribution in [2.75, 3.05) is 5.73 Å². The van der Waals surface area contributed by atoms with Gasteiger partial charge >= 0.3 is 0 Å². The zero-order chi connectivity index (χ0) is 10.7. The van der Waals surface area contributed by atoms with Gasteiger partial charge in [0.05, 0.1) is 5.69 Å². The van der Waals surface area contributed by atoms with Crippen LogP contribution in [-0.4, -0.2) is 4.98 Å². The molecule has 1 aromatic carbocycles. The number of aromatic nitrogens is 1. The highest BCUT2D eigenvalue weighted by Gasteiger charge is 1.93. The summed E-state index contributed by atoms with van der Waals surface area (Å²) in [5.41, 5.74) is 7.45. The minimum Gasteiger partial charge on any atom is -0.375 e. The number of nitrogen functional groups attached to an aromatic ring is 1. The van der Waals surface area contributed by atoms with Crippen LogP contribution in [0.5, 0.6) is 0 Å². The summed E-state index contributed by atoms with van der Waals surface area (Å²) in [5, 5.41) is 3.23. The van der Waals surface area contributed by atoms with Crippen molar-refractivity contribution in [3.8, 4) is 0 Å². The third-order valence-corrected chi connectivity index (χ3v) is 2.76. The van der Waals surface area contributed by atoms with Crippen LogP contribution in [0.25, 0.3) is 12.2 Å². The zero-order valence-electron chi connectivity index (χ0n) is 7.85. The predicted octanol–water partition coefficient (Wildman–Crippen LogP) is 3.55. The first-order valence-corrected chi connectivity index (χ1v) is 5.64. The Morgan fingerprint density at radius 1 is 1.33 bits per heavy atom. The van der Waals surface area contributed by atoms with Crippen LogP contribution in [-0.2, 0) is 0 Å². The molecule has 0 saturated carbocycles. The van der Waals surface area contributed by atoms with Crippen molar-refractivity contribution < 1.29 is 0 Å². The summed E-state index contributed by atoms with van der Waals surface area (Å²) in [6.45, 7) is 0. The van der Waals surface area contributed by atoms with E-state index in [0.29, 0.717) is 5.13 Å². The molecule has 4 heteroatoms. The van der Waals surface area contributed by atoms with Gasteiger partial charge in [0.25, 0.3) is 0 Å². The molecule has 2 nitrogen and oxygen atoms in total. The number of halogens is 1. The number of hydrogen-bond acceptors (Lipinski definition) is 3. The minimum absolute atomic E-state index is 0.584. The van der Waals surface area contributed by atoms with Gasteiger partial charge in [-0.15, -0.1) is 11.3 Å². The number of nitrogens with zero attached hydrogens (tertiary/aromatic N) is 1. The van der Waals surface area contributed by atoms with Gasteiger partial charge in [-0.1, -0.05) is 29.8 Å². The second-order valence-corrected chi connectivity index (χ2v) is 4.33. The van der Waals surface area contributed by atoms with Crippen LogP contribution in [0, 0.1) is 0 Å². The molecule has 0 radical (unpaired) electrons. The van der Waals surface area contributed by atoms with Gasteiger partial charge in [0.15, 0.2) is 5.13 Å². The standard InChI is InChI=1S/C11H9ClN2S/c12-9-3-1-2-8(6-9)4-5-10-7-15-11(13)14-10/h1-7H,(H2,13,14). The van der Waals surface area contributed by atoms with E-state index < -0.39 is 0 Å². The van der Waals surface area contributed by atoms with E-state index in [0.717, 1.165) is 16.3 Å². The van der Waals surface area contributed by atoms with E-state index in [4.69, 9.17) is 17.3 Å². The van der Waals surface area contributed by atoms with Crippen LogP contribution >= 0.6 is 22.9 Å². The Morgan fingerprint density at radius 3 is 2.87 bits per heavy atom. The van der Waals surface area contributed by atoms with E-state index in [1.54, 1.807) is 0 Å². The molecule has 0 saturated heterocycles. The monoisotopic (exact) mass is 236 g/mol. The van der Waals surface area contributed by atoms with E-state index in [2.05, 4.69) is 4.98 Å². The molecule has 0 unspecified atom stereocenters. The van der Waals surface area contributed by atoms with Gasteiger partial charge in [-0.2, -0.15) is 0 Å². The van der Waals surface area contributed by atoms with Crippen LogP contribution < -0.4 is 5.73 Å². The number of rotatable bonds is 2. The van der Waals surface area contributed by atoms with Gasteiger partial charge in [0, 0.05) is 10.4 Å². The molecule has 0 spiro atoms. The van der Waals surface area contributed by atoms with Crippen molar-refractivity contribution in [2.24, 2.45) is 0 Å². The first-order chi connectivity index (χ1) is 7.24. The molecule has 1 aromatic heterocycles. The van der Waals surface area contributed by atoms with E-state index >= 15 is 0 Å². The minimum atomic E-state index is 0.584. The van der Waals surface area contributed by atoms with Crippen LogP contribution in [0.1, 0.15) is 11.3 Å². The highest BCUT2D eigenvalue weighted by molar-refractivity contribution is 7.13. The summed E-state index contributed by atoms with van der Waals surface area (Å²) in [6.07, 6.45) is 3.87. The fourth-order valence-corrected chi connectivity index (χ4v) is 1.90. The molecule has 2 aromatic rings. The summed E-state index contributed by atoms with van der Waals surface area (Å²) < 4.78 is 0. The second-order valence-electron chi connectivity index (χ2n) is 3.00. The third kappa shape index (κ3) is 2.81. The SMILES string of the molecule is Nc1nc(C=Cc2cccc(Cl)c2)cs1. The summed E-state index contributed by atoms with van der Waals surface area (Å²) in [4.78, 5) is 4.12. The zero-order valence-corrected chi connectivity index (χ0v) is 9.42.